The number of alkyl halides is 1. The van der Waals surface area contributed by atoms with E-state index in [-0.39, 0.29) is 23.6 Å². The van der Waals surface area contributed by atoms with Gasteiger partial charge in [0.2, 0.25) is 5.43 Å². The molecule has 26 heavy (non-hydrogen) atoms. The van der Waals surface area contributed by atoms with Gasteiger partial charge in [0.1, 0.15) is 5.56 Å². The maximum Gasteiger partial charge on any atom is 0.341 e. The average molecular weight is 359 g/mol. The van der Waals surface area contributed by atoms with E-state index in [1.807, 2.05) is 17.6 Å². The van der Waals surface area contributed by atoms with Crippen LogP contribution in [-0.4, -0.2) is 41.4 Å². The van der Waals surface area contributed by atoms with Crippen molar-refractivity contribution in [3.05, 3.63) is 39.7 Å². The molecule has 1 saturated carbocycles. The van der Waals surface area contributed by atoms with E-state index in [1.54, 1.807) is 6.07 Å². The number of rotatable bonds is 4. The van der Waals surface area contributed by atoms with Crippen LogP contribution in [0.15, 0.2) is 23.1 Å². The molecule has 2 heterocycles. The number of aromatic nitrogens is 1. The summed E-state index contributed by atoms with van der Waals surface area (Å²) < 4.78 is 15.1. The van der Waals surface area contributed by atoms with E-state index < -0.39 is 18.1 Å². The van der Waals surface area contributed by atoms with Crippen molar-refractivity contribution in [2.24, 2.45) is 11.7 Å². The monoisotopic (exact) mass is 359 g/mol. The van der Waals surface area contributed by atoms with Gasteiger partial charge in [-0.1, -0.05) is 0 Å². The van der Waals surface area contributed by atoms with E-state index in [0.717, 1.165) is 29.6 Å². The van der Waals surface area contributed by atoms with Crippen LogP contribution < -0.4 is 16.1 Å². The first-order valence-corrected chi connectivity index (χ1v) is 8.90. The number of carboxylic acid groups (broad SMARTS) is 1. The zero-order chi connectivity index (χ0) is 18.6. The summed E-state index contributed by atoms with van der Waals surface area (Å²) in [6.07, 6.45) is 3.42. The molecule has 2 aliphatic rings. The molecule has 1 aliphatic carbocycles. The minimum absolute atomic E-state index is 0.190. The van der Waals surface area contributed by atoms with Gasteiger partial charge in [-0.05, 0) is 37.5 Å². The Hall–Kier alpha value is -2.41. The number of nitrogens with zero attached hydrogens (tertiary/aromatic N) is 2. The third-order valence-electron chi connectivity index (χ3n) is 5.62. The van der Waals surface area contributed by atoms with Crippen LogP contribution in [-0.2, 0) is 0 Å². The summed E-state index contributed by atoms with van der Waals surface area (Å²) in [6, 6.07) is 3.54. The lowest BCUT2D eigenvalue weighted by atomic mass is 10.0. The number of halogens is 1. The van der Waals surface area contributed by atoms with E-state index in [9.17, 15) is 19.1 Å². The molecule has 0 radical (unpaired) electrons. The van der Waals surface area contributed by atoms with Crippen molar-refractivity contribution < 1.29 is 14.3 Å². The lowest BCUT2D eigenvalue weighted by Gasteiger charge is -2.23. The zero-order valence-electron chi connectivity index (χ0n) is 14.6. The average Bonchev–Trinajstić information content (AvgIpc) is 3.38. The van der Waals surface area contributed by atoms with Gasteiger partial charge in [0.25, 0.3) is 0 Å². The summed E-state index contributed by atoms with van der Waals surface area (Å²) in [4.78, 5) is 26.1. The highest BCUT2D eigenvalue weighted by molar-refractivity contribution is 5.95. The van der Waals surface area contributed by atoms with E-state index in [1.165, 1.54) is 6.20 Å². The van der Waals surface area contributed by atoms with Gasteiger partial charge in [0.05, 0.1) is 12.2 Å². The SMILES string of the molecule is Cc1c(N2CC(CF)[C@H](N)C2)ccc2c(=O)c(C(=O)O)cn(C3CC3)c12. The first kappa shape index (κ1) is 17.0. The van der Waals surface area contributed by atoms with Crippen LogP contribution in [0.2, 0.25) is 0 Å². The second-order valence-electron chi connectivity index (χ2n) is 7.40. The second-order valence-corrected chi connectivity index (χ2v) is 7.40. The van der Waals surface area contributed by atoms with Gasteiger partial charge in [-0.2, -0.15) is 0 Å². The Balaban J connectivity index is 1.90. The number of hydrogen-bond donors (Lipinski definition) is 2. The first-order chi connectivity index (χ1) is 12.4. The molecule has 1 aromatic heterocycles. The number of carbonyl (C=O) groups is 1. The summed E-state index contributed by atoms with van der Waals surface area (Å²) >= 11 is 0. The van der Waals surface area contributed by atoms with Crippen LogP contribution in [0.25, 0.3) is 10.9 Å². The van der Waals surface area contributed by atoms with Crippen LogP contribution >= 0.6 is 0 Å². The summed E-state index contributed by atoms with van der Waals surface area (Å²) in [5, 5.41) is 9.78. The van der Waals surface area contributed by atoms with Crippen molar-refractivity contribution in [1.82, 2.24) is 4.57 Å². The van der Waals surface area contributed by atoms with Crippen molar-refractivity contribution in [3.8, 4) is 0 Å². The van der Waals surface area contributed by atoms with Gasteiger partial charge in [-0.25, -0.2) is 4.79 Å². The Morgan fingerprint density at radius 3 is 2.65 bits per heavy atom. The van der Waals surface area contributed by atoms with Crippen LogP contribution in [0.4, 0.5) is 10.1 Å². The number of aryl methyl sites for hydroxylation is 1. The number of fused-ring (bicyclic) bond motifs is 1. The number of carboxylic acids is 1. The normalized spacial score (nSPS) is 23.0. The third kappa shape index (κ3) is 2.58. The molecule has 1 saturated heterocycles. The Kier molecular flexibility index (Phi) is 3.99. The topological polar surface area (TPSA) is 88.6 Å². The number of hydrogen-bond acceptors (Lipinski definition) is 4. The Labute approximate surface area is 150 Å². The van der Waals surface area contributed by atoms with Crippen LogP contribution in [0, 0.1) is 12.8 Å². The molecule has 2 aromatic rings. The van der Waals surface area contributed by atoms with Crippen molar-refractivity contribution >= 4 is 22.6 Å². The lowest BCUT2D eigenvalue weighted by Crippen LogP contribution is -2.30. The smallest absolute Gasteiger partial charge is 0.341 e. The molecule has 0 bridgehead atoms. The molecule has 0 amide bonds. The van der Waals surface area contributed by atoms with Gasteiger partial charge < -0.3 is 20.3 Å². The number of pyridine rings is 1. The van der Waals surface area contributed by atoms with Crippen LogP contribution in [0.3, 0.4) is 0 Å². The summed E-state index contributed by atoms with van der Waals surface area (Å²) in [5.74, 6) is -1.39. The first-order valence-electron chi connectivity index (χ1n) is 8.90. The van der Waals surface area contributed by atoms with Gasteiger partial charge in [-0.3, -0.25) is 9.18 Å². The fourth-order valence-corrected chi connectivity index (χ4v) is 4.00. The maximum absolute atomic E-state index is 13.1. The zero-order valence-corrected chi connectivity index (χ0v) is 14.6. The molecule has 1 unspecified atom stereocenters. The van der Waals surface area contributed by atoms with Crippen molar-refractivity contribution in [1.29, 1.82) is 0 Å². The van der Waals surface area contributed by atoms with Crippen LogP contribution in [0.1, 0.15) is 34.8 Å². The summed E-state index contributed by atoms with van der Waals surface area (Å²) in [6.45, 7) is 2.61. The molecule has 4 rings (SSSR count). The number of anilines is 1. The fourth-order valence-electron chi connectivity index (χ4n) is 4.00. The molecule has 3 N–H and O–H groups in total. The quantitative estimate of drug-likeness (QED) is 0.872. The minimum atomic E-state index is -1.20. The molecular weight excluding hydrogens is 337 g/mol. The summed E-state index contributed by atoms with van der Waals surface area (Å²) in [7, 11) is 0. The van der Waals surface area contributed by atoms with Gasteiger partial charge in [0, 0.05) is 48.4 Å². The highest BCUT2D eigenvalue weighted by Gasteiger charge is 2.32. The molecule has 7 heteroatoms. The molecule has 0 spiro atoms. The van der Waals surface area contributed by atoms with E-state index in [0.29, 0.717) is 18.5 Å². The predicted molar refractivity (Wildman–Crippen MR) is 97.8 cm³/mol. The summed E-state index contributed by atoms with van der Waals surface area (Å²) in [5.41, 5.74) is 8.01. The van der Waals surface area contributed by atoms with Crippen LogP contribution in [0.5, 0.6) is 0 Å². The highest BCUT2D eigenvalue weighted by Crippen LogP contribution is 2.39. The van der Waals surface area contributed by atoms with Crippen molar-refractivity contribution in [3.63, 3.8) is 0 Å². The number of aromatic carboxylic acids is 1. The van der Waals surface area contributed by atoms with Gasteiger partial charge in [-0.15, -0.1) is 0 Å². The maximum atomic E-state index is 13.1. The molecule has 1 aromatic carbocycles. The van der Waals surface area contributed by atoms with Gasteiger partial charge >= 0.3 is 5.97 Å². The Morgan fingerprint density at radius 2 is 2.08 bits per heavy atom. The Bertz CT molecular complexity index is 951. The fraction of sp³-hybridized carbons (Fsp3) is 0.474. The van der Waals surface area contributed by atoms with Crippen molar-refractivity contribution in [2.75, 3.05) is 24.7 Å². The third-order valence-corrected chi connectivity index (χ3v) is 5.62. The van der Waals surface area contributed by atoms with E-state index in [4.69, 9.17) is 5.73 Å². The largest absolute Gasteiger partial charge is 0.477 e. The Morgan fingerprint density at radius 1 is 1.35 bits per heavy atom. The molecule has 2 atom stereocenters. The molecule has 2 fully saturated rings. The highest BCUT2D eigenvalue weighted by atomic mass is 19.1. The van der Waals surface area contributed by atoms with Gasteiger partial charge in [0.15, 0.2) is 0 Å². The second kappa shape index (κ2) is 6.09. The minimum Gasteiger partial charge on any atom is -0.477 e. The molecule has 138 valence electrons. The van der Waals surface area contributed by atoms with E-state index in [2.05, 4.69) is 4.90 Å². The molecule has 6 nitrogen and oxygen atoms in total. The molecule has 1 aliphatic heterocycles. The van der Waals surface area contributed by atoms with Crippen molar-refractivity contribution in [2.45, 2.75) is 31.8 Å². The number of nitrogens with two attached hydrogens (primary N) is 1. The molecular formula is C19H22FN3O3. The predicted octanol–water partition coefficient (Wildman–Crippen LogP) is 2.08. The standard InChI is InChI=1S/C19H22FN3O3/c1-10-16(22-7-11(6-20)15(21)9-22)5-4-13-17(10)23(12-2-3-12)8-14(18(13)24)19(25)26/h4-5,8,11-12,15H,2-3,6-7,9,21H2,1H3,(H,25,26)/t11?,15-/m1/s1. The lowest BCUT2D eigenvalue weighted by molar-refractivity contribution is 0.0695. The van der Waals surface area contributed by atoms with E-state index >= 15 is 0 Å². The number of benzene rings is 1.